The van der Waals surface area contributed by atoms with E-state index in [2.05, 4.69) is 0 Å². The third kappa shape index (κ3) is 1.55. The number of rotatable bonds is 1. The highest BCUT2D eigenvalue weighted by Gasteiger charge is 2.05. The van der Waals surface area contributed by atoms with Crippen LogP contribution in [0.2, 0.25) is 5.02 Å². The Labute approximate surface area is 90.9 Å². The summed E-state index contributed by atoms with van der Waals surface area (Å²) in [7, 11) is 1.63. The Morgan fingerprint density at radius 3 is 2.73 bits per heavy atom. The van der Waals surface area contributed by atoms with E-state index < -0.39 is 0 Å². The number of aromatic nitrogens is 1. The molecule has 0 radical (unpaired) electrons. The predicted octanol–water partition coefficient (Wildman–Crippen LogP) is 2.00. The van der Waals surface area contributed by atoms with Crippen LogP contribution in [0.15, 0.2) is 29.1 Å². The summed E-state index contributed by atoms with van der Waals surface area (Å²) in [6.45, 7) is 0. The molecule has 1 aromatic carbocycles. The van der Waals surface area contributed by atoms with Crippen molar-refractivity contribution >= 4 is 28.8 Å². The summed E-state index contributed by atoms with van der Waals surface area (Å²) in [5.74, 6) is 0. The van der Waals surface area contributed by atoms with Crippen molar-refractivity contribution in [3.63, 3.8) is 0 Å². The first-order chi connectivity index (χ1) is 7.13. The van der Waals surface area contributed by atoms with Crippen LogP contribution in [0.25, 0.3) is 10.9 Å². The Kier molecular flexibility index (Phi) is 2.32. The van der Waals surface area contributed by atoms with E-state index in [1.165, 1.54) is 4.57 Å². The van der Waals surface area contributed by atoms with Crippen LogP contribution in [-0.4, -0.2) is 10.9 Å². The molecule has 0 unspecified atom stereocenters. The Balaban J connectivity index is 2.97. The van der Waals surface area contributed by atoms with E-state index in [4.69, 9.17) is 11.6 Å². The normalized spacial score (nSPS) is 10.5. The van der Waals surface area contributed by atoms with Gasteiger partial charge in [-0.05, 0) is 24.3 Å². The minimum Gasteiger partial charge on any atom is -0.311 e. The van der Waals surface area contributed by atoms with Crippen molar-refractivity contribution in [2.75, 3.05) is 0 Å². The molecule has 0 aliphatic heterocycles. The van der Waals surface area contributed by atoms with Crippen LogP contribution in [0.5, 0.6) is 0 Å². The zero-order chi connectivity index (χ0) is 11.0. The van der Waals surface area contributed by atoms with Gasteiger partial charge in [0.25, 0.3) is 5.56 Å². The first-order valence-electron chi connectivity index (χ1n) is 4.38. The number of pyridine rings is 1. The molecule has 0 fully saturated rings. The number of carbonyl (C=O) groups is 1. The van der Waals surface area contributed by atoms with Crippen molar-refractivity contribution in [2.45, 2.75) is 0 Å². The number of aldehydes is 1. The molecule has 15 heavy (non-hydrogen) atoms. The molecular weight excluding hydrogens is 214 g/mol. The second kappa shape index (κ2) is 3.51. The van der Waals surface area contributed by atoms with E-state index in [1.807, 2.05) is 0 Å². The average molecular weight is 222 g/mol. The number of halogens is 1. The van der Waals surface area contributed by atoms with Gasteiger partial charge in [0.15, 0.2) is 6.29 Å². The van der Waals surface area contributed by atoms with Gasteiger partial charge in [-0.2, -0.15) is 0 Å². The summed E-state index contributed by atoms with van der Waals surface area (Å²) in [6, 6.07) is 6.75. The summed E-state index contributed by atoms with van der Waals surface area (Å²) in [6.07, 6.45) is 0.558. The molecule has 76 valence electrons. The predicted molar refractivity (Wildman–Crippen MR) is 59.6 cm³/mol. The number of benzene rings is 1. The highest BCUT2D eigenvalue weighted by Crippen LogP contribution is 2.17. The van der Waals surface area contributed by atoms with Crippen molar-refractivity contribution in [1.29, 1.82) is 0 Å². The lowest BCUT2D eigenvalue weighted by molar-refractivity contribution is 0.112. The lowest BCUT2D eigenvalue weighted by atomic mass is 10.1. The molecule has 4 heteroatoms. The fourth-order valence-corrected chi connectivity index (χ4v) is 1.74. The molecule has 0 aliphatic rings. The monoisotopic (exact) mass is 221 g/mol. The number of aryl methyl sites for hydroxylation is 1. The largest absolute Gasteiger partial charge is 0.311 e. The fourth-order valence-electron chi connectivity index (χ4n) is 1.56. The van der Waals surface area contributed by atoms with Crippen molar-refractivity contribution < 1.29 is 4.79 Å². The molecule has 0 saturated carbocycles. The van der Waals surface area contributed by atoms with Gasteiger partial charge in [-0.15, -0.1) is 0 Å². The standard InChI is InChI=1S/C11H8ClNO2/c1-13-10-3-2-9(12)5-7(10)4-8(6-14)11(13)15/h2-6H,1H3. The highest BCUT2D eigenvalue weighted by atomic mass is 35.5. The Bertz CT molecular complexity index is 601. The van der Waals surface area contributed by atoms with E-state index >= 15 is 0 Å². The topological polar surface area (TPSA) is 39.1 Å². The number of carbonyl (C=O) groups excluding carboxylic acids is 1. The highest BCUT2D eigenvalue weighted by molar-refractivity contribution is 6.31. The van der Waals surface area contributed by atoms with E-state index in [-0.39, 0.29) is 11.1 Å². The van der Waals surface area contributed by atoms with Gasteiger partial charge in [0.2, 0.25) is 0 Å². The van der Waals surface area contributed by atoms with Crippen molar-refractivity contribution in [3.8, 4) is 0 Å². The molecule has 0 saturated heterocycles. The Hall–Kier alpha value is -1.61. The van der Waals surface area contributed by atoms with E-state index in [0.29, 0.717) is 11.3 Å². The molecule has 3 nitrogen and oxygen atoms in total. The third-order valence-corrected chi connectivity index (χ3v) is 2.58. The summed E-state index contributed by atoms with van der Waals surface area (Å²) < 4.78 is 1.44. The minimum absolute atomic E-state index is 0.146. The molecule has 0 bridgehead atoms. The van der Waals surface area contributed by atoms with Gasteiger partial charge < -0.3 is 4.57 Å². The van der Waals surface area contributed by atoms with Crippen LogP contribution in [0, 0.1) is 0 Å². The van der Waals surface area contributed by atoms with Crippen LogP contribution in [0.4, 0.5) is 0 Å². The van der Waals surface area contributed by atoms with Gasteiger partial charge >= 0.3 is 0 Å². The molecular formula is C11H8ClNO2. The van der Waals surface area contributed by atoms with Gasteiger partial charge in [-0.3, -0.25) is 9.59 Å². The zero-order valence-corrected chi connectivity index (χ0v) is 8.78. The number of nitrogens with zero attached hydrogens (tertiary/aromatic N) is 1. The van der Waals surface area contributed by atoms with Crippen LogP contribution in [-0.2, 0) is 7.05 Å². The lowest BCUT2D eigenvalue weighted by Crippen LogP contribution is -2.20. The summed E-state index contributed by atoms with van der Waals surface area (Å²) in [4.78, 5) is 22.3. The molecule has 2 aromatic rings. The van der Waals surface area contributed by atoms with E-state index in [1.54, 1.807) is 31.3 Å². The van der Waals surface area contributed by atoms with Crippen LogP contribution >= 0.6 is 11.6 Å². The molecule has 0 spiro atoms. The molecule has 0 aliphatic carbocycles. The minimum atomic E-state index is -0.292. The summed E-state index contributed by atoms with van der Waals surface area (Å²) in [5.41, 5.74) is 0.613. The Morgan fingerprint density at radius 1 is 1.33 bits per heavy atom. The van der Waals surface area contributed by atoms with Crippen molar-refractivity contribution in [3.05, 3.63) is 45.2 Å². The van der Waals surface area contributed by atoms with Gasteiger partial charge in [0, 0.05) is 17.5 Å². The van der Waals surface area contributed by atoms with Crippen LogP contribution < -0.4 is 5.56 Å². The van der Waals surface area contributed by atoms with Gasteiger partial charge in [-0.25, -0.2) is 0 Å². The second-order valence-electron chi connectivity index (χ2n) is 3.28. The maximum atomic E-state index is 11.6. The van der Waals surface area contributed by atoms with Gasteiger partial charge in [0.05, 0.1) is 11.1 Å². The average Bonchev–Trinajstić information content (AvgIpc) is 2.23. The SMILES string of the molecule is Cn1c(=O)c(C=O)cc2cc(Cl)ccc21. The molecule has 1 heterocycles. The lowest BCUT2D eigenvalue weighted by Gasteiger charge is -2.05. The van der Waals surface area contributed by atoms with Crippen LogP contribution in [0.1, 0.15) is 10.4 Å². The number of fused-ring (bicyclic) bond motifs is 1. The number of hydrogen-bond acceptors (Lipinski definition) is 2. The third-order valence-electron chi connectivity index (χ3n) is 2.34. The fraction of sp³-hybridized carbons (Fsp3) is 0.0909. The summed E-state index contributed by atoms with van der Waals surface area (Å²) in [5, 5.41) is 1.37. The van der Waals surface area contributed by atoms with E-state index in [0.717, 1.165) is 10.9 Å². The summed E-state index contributed by atoms with van der Waals surface area (Å²) >= 11 is 5.83. The quantitative estimate of drug-likeness (QED) is 0.691. The Morgan fingerprint density at radius 2 is 2.07 bits per heavy atom. The van der Waals surface area contributed by atoms with Gasteiger partial charge in [-0.1, -0.05) is 11.6 Å². The van der Waals surface area contributed by atoms with Crippen LogP contribution in [0.3, 0.4) is 0 Å². The van der Waals surface area contributed by atoms with E-state index in [9.17, 15) is 9.59 Å². The number of hydrogen-bond donors (Lipinski definition) is 0. The molecule has 0 amide bonds. The molecule has 0 N–H and O–H groups in total. The maximum absolute atomic E-state index is 11.6. The molecule has 1 aromatic heterocycles. The first-order valence-corrected chi connectivity index (χ1v) is 4.76. The van der Waals surface area contributed by atoms with Crippen molar-refractivity contribution in [2.24, 2.45) is 7.05 Å². The molecule has 0 atom stereocenters. The second-order valence-corrected chi connectivity index (χ2v) is 3.72. The van der Waals surface area contributed by atoms with Gasteiger partial charge in [0.1, 0.15) is 0 Å². The maximum Gasteiger partial charge on any atom is 0.261 e. The smallest absolute Gasteiger partial charge is 0.261 e. The zero-order valence-electron chi connectivity index (χ0n) is 8.03. The van der Waals surface area contributed by atoms with Crippen molar-refractivity contribution in [1.82, 2.24) is 4.57 Å². The first kappa shape index (κ1) is 9.93. The molecule has 2 rings (SSSR count).